The summed E-state index contributed by atoms with van der Waals surface area (Å²) < 4.78 is 4.95. The van der Waals surface area contributed by atoms with Crippen LogP contribution >= 0.6 is 0 Å². The standard InChI is InChI=1S/C18H19N5O2/c1-12(20-11-17-21-13(2)25-23-17)14-3-5-16(6-4-14)22-18(24)15-7-9-19-10-8-15/h3-10,12,20H,11H2,1-2H3,(H,22,24). The van der Waals surface area contributed by atoms with Crippen molar-refractivity contribution in [2.45, 2.75) is 26.4 Å². The van der Waals surface area contributed by atoms with Gasteiger partial charge in [-0.15, -0.1) is 0 Å². The predicted octanol–water partition coefficient (Wildman–Crippen LogP) is 2.88. The fraction of sp³-hybridized carbons (Fsp3) is 0.222. The SMILES string of the molecule is Cc1nc(CNC(C)c2ccc(NC(=O)c3ccncc3)cc2)no1. The summed E-state index contributed by atoms with van der Waals surface area (Å²) in [5, 5.41) is 10.1. The quantitative estimate of drug-likeness (QED) is 0.718. The topological polar surface area (TPSA) is 92.9 Å². The number of anilines is 1. The number of carbonyl (C=O) groups is 1. The predicted molar refractivity (Wildman–Crippen MR) is 92.9 cm³/mol. The van der Waals surface area contributed by atoms with Gasteiger partial charge in [-0.1, -0.05) is 17.3 Å². The highest BCUT2D eigenvalue weighted by Gasteiger charge is 2.09. The molecular formula is C18H19N5O2. The molecule has 128 valence electrons. The van der Waals surface area contributed by atoms with Gasteiger partial charge < -0.3 is 15.2 Å². The van der Waals surface area contributed by atoms with Crippen LogP contribution in [0.15, 0.2) is 53.3 Å². The Morgan fingerprint density at radius 1 is 1.16 bits per heavy atom. The molecule has 0 aliphatic heterocycles. The second-order valence-electron chi connectivity index (χ2n) is 5.64. The molecule has 0 bridgehead atoms. The van der Waals surface area contributed by atoms with Crippen LogP contribution in [-0.2, 0) is 6.54 Å². The molecule has 0 aliphatic rings. The molecule has 0 spiro atoms. The molecule has 1 unspecified atom stereocenters. The zero-order chi connectivity index (χ0) is 17.6. The van der Waals surface area contributed by atoms with Crippen LogP contribution in [0.4, 0.5) is 5.69 Å². The van der Waals surface area contributed by atoms with Crippen molar-refractivity contribution in [3.63, 3.8) is 0 Å². The Bertz CT molecular complexity index is 830. The van der Waals surface area contributed by atoms with Crippen LogP contribution in [0.1, 0.15) is 40.6 Å². The molecule has 7 heteroatoms. The van der Waals surface area contributed by atoms with Crippen LogP contribution in [-0.4, -0.2) is 21.0 Å². The summed E-state index contributed by atoms with van der Waals surface area (Å²) in [6, 6.07) is 11.2. The fourth-order valence-corrected chi connectivity index (χ4v) is 2.34. The summed E-state index contributed by atoms with van der Waals surface area (Å²) in [6.45, 7) is 4.34. The number of amides is 1. The summed E-state index contributed by atoms with van der Waals surface area (Å²) in [4.78, 5) is 20.2. The number of aryl methyl sites for hydroxylation is 1. The summed E-state index contributed by atoms with van der Waals surface area (Å²) in [5.41, 5.74) is 2.41. The van der Waals surface area contributed by atoms with E-state index in [0.29, 0.717) is 23.8 Å². The molecule has 0 saturated heterocycles. The summed E-state index contributed by atoms with van der Waals surface area (Å²) in [6.07, 6.45) is 3.19. The van der Waals surface area contributed by atoms with Crippen molar-refractivity contribution in [3.05, 3.63) is 71.6 Å². The van der Waals surface area contributed by atoms with Crippen molar-refractivity contribution < 1.29 is 9.32 Å². The minimum absolute atomic E-state index is 0.115. The summed E-state index contributed by atoms with van der Waals surface area (Å²) in [7, 11) is 0. The van der Waals surface area contributed by atoms with Gasteiger partial charge in [-0.25, -0.2) is 0 Å². The Kier molecular flexibility index (Phi) is 5.15. The lowest BCUT2D eigenvalue weighted by atomic mass is 10.1. The Labute approximate surface area is 145 Å². The van der Waals surface area contributed by atoms with E-state index in [9.17, 15) is 4.79 Å². The van der Waals surface area contributed by atoms with Crippen LogP contribution in [0.25, 0.3) is 0 Å². The largest absolute Gasteiger partial charge is 0.340 e. The molecule has 1 aromatic carbocycles. The van der Waals surface area contributed by atoms with Crippen molar-refractivity contribution in [2.24, 2.45) is 0 Å². The van der Waals surface area contributed by atoms with E-state index in [1.165, 1.54) is 0 Å². The lowest BCUT2D eigenvalue weighted by molar-refractivity contribution is 0.102. The zero-order valence-corrected chi connectivity index (χ0v) is 14.1. The highest BCUT2D eigenvalue weighted by molar-refractivity contribution is 6.04. The van der Waals surface area contributed by atoms with Gasteiger partial charge in [0.2, 0.25) is 5.89 Å². The molecule has 1 amide bonds. The van der Waals surface area contributed by atoms with Crippen LogP contribution in [0.5, 0.6) is 0 Å². The van der Waals surface area contributed by atoms with Gasteiger partial charge in [0.1, 0.15) is 0 Å². The van der Waals surface area contributed by atoms with Gasteiger partial charge in [0, 0.05) is 36.6 Å². The number of carbonyl (C=O) groups excluding carboxylic acids is 1. The molecule has 7 nitrogen and oxygen atoms in total. The van der Waals surface area contributed by atoms with E-state index in [0.717, 1.165) is 11.3 Å². The first-order valence-corrected chi connectivity index (χ1v) is 7.96. The molecular weight excluding hydrogens is 318 g/mol. The van der Waals surface area contributed by atoms with Crippen molar-refractivity contribution in [2.75, 3.05) is 5.32 Å². The van der Waals surface area contributed by atoms with E-state index >= 15 is 0 Å². The Morgan fingerprint density at radius 3 is 2.52 bits per heavy atom. The molecule has 2 heterocycles. The smallest absolute Gasteiger partial charge is 0.255 e. The molecule has 0 aliphatic carbocycles. The highest BCUT2D eigenvalue weighted by atomic mass is 16.5. The minimum atomic E-state index is -0.159. The van der Waals surface area contributed by atoms with Gasteiger partial charge in [-0.05, 0) is 36.8 Å². The number of benzene rings is 1. The maximum atomic E-state index is 12.1. The van der Waals surface area contributed by atoms with Gasteiger partial charge >= 0.3 is 0 Å². The average molecular weight is 337 g/mol. The first kappa shape index (κ1) is 16.8. The monoisotopic (exact) mass is 337 g/mol. The molecule has 3 aromatic rings. The van der Waals surface area contributed by atoms with Crippen molar-refractivity contribution in [3.8, 4) is 0 Å². The minimum Gasteiger partial charge on any atom is -0.340 e. The van der Waals surface area contributed by atoms with Gasteiger partial charge in [0.15, 0.2) is 5.82 Å². The number of nitrogens with one attached hydrogen (secondary N) is 2. The maximum Gasteiger partial charge on any atom is 0.255 e. The van der Waals surface area contributed by atoms with E-state index < -0.39 is 0 Å². The first-order chi connectivity index (χ1) is 12.1. The van der Waals surface area contributed by atoms with E-state index in [1.54, 1.807) is 31.5 Å². The molecule has 0 fully saturated rings. The van der Waals surface area contributed by atoms with Crippen LogP contribution < -0.4 is 10.6 Å². The molecule has 1 atom stereocenters. The van der Waals surface area contributed by atoms with E-state index in [-0.39, 0.29) is 11.9 Å². The number of hydrogen-bond acceptors (Lipinski definition) is 6. The average Bonchev–Trinajstić information content (AvgIpc) is 3.06. The first-order valence-electron chi connectivity index (χ1n) is 7.96. The molecule has 25 heavy (non-hydrogen) atoms. The highest BCUT2D eigenvalue weighted by Crippen LogP contribution is 2.17. The van der Waals surface area contributed by atoms with Crippen molar-refractivity contribution >= 4 is 11.6 Å². The molecule has 3 rings (SSSR count). The Hall–Kier alpha value is -3.06. The summed E-state index contributed by atoms with van der Waals surface area (Å²) in [5.74, 6) is 1.03. The van der Waals surface area contributed by atoms with Crippen LogP contribution in [0, 0.1) is 6.92 Å². The number of hydrogen-bond donors (Lipinski definition) is 2. The number of pyridine rings is 1. The maximum absolute atomic E-state index is 12.1. The third kappa shape index (κ3) is 4.48. The van der Waals surface area contributed by atoms with Gasteiger partial charge in [-0.2, -0.15) is 4.98 Å². The van der Waals surface area contributed by atoms with Crippen molar-refractivity contribution in [1.82, 2.24) is 20.4 Å². The molecule has 0 saturated carbocycles. The molecule has 0 radical (unpaired) electrons. The van der Waals surface area contributed by atoms with Crippen LogP contribution in [0.3, 0.4) is 0 Å². The van der Waals surface area contributed by atoms with Crippen LogP contribution in [0.2, 0.25) is 0 Å². The third-order valence-corrected chi connectivity index (χ3v) is 3.75. The van der Waals surface area contributed by atoms with Crippen molar-refractivity contribution in [1.29, 1.82) is 0 Å². The second kappa shape index (κ2) is 7.67. The number of aromatic nitrogens is 3. The zero-order valence-electron chi connectivity index (χ0n) is 14.1. The molecule has 2 N–H and O–H groups in total. The third-order valence-electron chi connectivity index (χ3n) is 3.75. The van der Waals surface area contributed by atoms with Gasteiger partial charge in [0.25, 0.3) is 5.91 Å². The lowest BCUT2D eigenvalue weighted by Gasteiger charge is -2.13. The van der Waals surface area contributed by atoms with E-state index in [4.69, 9.17) is 4.52 Å². The van der Waals surface area contributed by atoms with E-state index in [2.05, 4.69) is 32.7 Å². The van der Waals surface area contributed by atoms with E-state index in [1.807, 2.05) is 24.3 Å². The van der Waals surface area contributed by atoms with Gasteiger partial charge in [-0.3, -0.25) is 9.78 Å². The Morgan fingerprint density at radius 2 is 1.88 bits per heavy atom. The second-order valence-corrected chi connectivity index (χ2v) is 5.64. The normalized spacial score (nSPS) is 11.9. The Balaban J connectivity index is 1.57. The lowest BCUT2D eigenvalue weighted by Crippen LogP contribution is -2.19. The number of nitrogens with zero attached hydrogens (tertiary/aromatic N) is 3. The molecule has 2 aromatic heterocycles. The fourth-order valence-electron chi connectivity index (χ4n) is 2.34. The summed E-state index contributed by atoms with van der Waals surface area (Å²) >= 11 is 0. The van der Waals surface area contributed by atoms with Gasteiger partial charge in [0.05, 0.1) is 6.54 Å². The number of rotatable bonds is 6.